The highest BCUT2D eigenvalue weighted by Crippen LogP contribution is 2.35. The molecule has 1 aromatic carbocycles. The van der Waals surface area contributed by atoms with Crippen LogP contribution in [0.3, 0.4) is 0 Å². The van der Waals surface area contributed by atoms with Gasteiger partial charge in [-0.1, -0.05) is 25.3 Å². The number of hydrogen-bond donors (Lipinski definition) is 1. The molecule has 0 fully saturated rings. The van der Waals surface area contributed by atoms with Gasteiger partial charge in [0.15, 0.2) is 17.2 Å². The zero-order valence-electron chi connectivity index (χ0n) is 14.0. The first-order chi connectivity index (χ1) is 12.6. The molecule has 1 amide bonds. The number of hydrogen-bond acceptors (Lipinski definition) is 5. The van der Waals surface area contributed by atoms with Crippen LogP contribution in [0.25, 0.3) is 5.69 Å². The standard InChI is InChI=1S/C19H17N3O4/c1-3-6-13(4-2)20-19(24)17-15(23)9-10-22(21-17)14-7-5-8-16-18(14)26-12-11-25-16/h3-10H,1-2,11-12H2,(H,20,24)/b13-6+. The first-order valence-corrected chi connectivity index (χ1v) is 7.89. The minimum absolute atomic E-state index is 0.251. The zero-order chi connectivity index (χ0) is 18.5. The van der Waals surface area contributed by atoms with Gasteiger partial charge in [0.25, 0.3) is 5.91 Å². The van der Waals surface area contributed by atoms with Gasteiger partial charge in [-0.05, 0) is 24.3 Å². The van der Waals surface area contributed by atoms with E-state index < -0.39 is 11.3 Å². The van der Waals surface area contributed by atoms with Crippen molar-refractivity contribution in [1.29, 1.82) is 0 Å². The Hall–Kier alpha value is -3.61. The fourth-order valence-corrected chi connectivity index (χ4v) is 2.42. The summed E-state index contributed by atoms with van der Waals surface area (Å²) < 4.78 is 12.6. The number of allylic oxidation sites excluding steroid dienone is 3. The molecule has 1 aliphatic rings. The molecule has 0 bridgehead atoms. The number of fused-ring (bicyclic) bond motifs is 1. The van der Waals surface area contributed by atoms with Gasteiger partial charge in [0, 0.05) is 18.0 Å². The van der Waals surface area contributed by atoms with Crippen LogP contribution in [-0.4, -0.2) is 28.9 Å². The molecule has 0 atom stereocenters. The largest absolute Gasteiger partial charge is 0.486 e. The number of aromatic nitrogens is 2. The quantitative estimate of drug-likeness (QED) is 0.833. The van der Waals surface area contributed by atoms with Crippen LogP contribution < -0.4 is 20.2 Å². The first-order valence-electron chi connectivity index (χ1n) is 7.89. The van der Waals surface area contributed by atoms with Crippen LogP contribution in [-0.2, 0) is 0 Å². The van der Waals surface area contributed by atoms with E-state index in [0.29, 0.717) is 36.1 Å². The molecule has 26 heavy (non-hydrogen) atoms. The average molecular weight is 351 g/mol. The molecule has 1 aromatic heterocycles. The summed E-state index contributed by atoms with van der Waals surface area (Å²) in [6.45, 7) is 8.02. The Morgan fingerprint density at radius 1 is 1.23 bits per heavy atom. The van der Waals surface area contributed by atoms with E-state index in [0.717, 1.165) is 0 Å². The molecule has 0 saturated heterocycles. The molecule has 1 N–H and O–H groups in total. The summed E-state index contributed by atoms with van der Waals surface area (Å²) in [7, 11) is 0. The van der Waals surface area contributed by atoms with E-state index in [9.17, 15) is 9.59 Å². The van der Waals surface area contributed by atoms with Crippen LogP contribution in [0.15, 0.2) is 72.3 Å². The summed E-state index contributed by atoms with van der Waals surface area (Å²) in [5.41, 5.74) is 0.235. The minimum Gasteiger partial charge on any atom is -0.486 e. The van der Waals surface area contributed by atoms with Gasteiger partial charge in [-0.2, -0.15) is 5.10 Å². The van der Waals surface area contributed by atoms with Gasteiger partial charge < -0.3 is 14.8 Å². The average Bonchev–Trinajstić information content (AvgIpc) is 2.67. The maximum atomic E-state index is 12.4. The van der Waals surface area contributed by atoms with Gasteiger partial charge in [0.2, 0.25) is 5.43 Å². The van der Waals surface area contributed by atoms with E-state index in [1.165, 1.54) is 29.1 Å². The molecule has 0 spiro atoms. The number of carbonyl (C=O) groups is 1. The summed E-state index contributed by atoms with van der Waals surface area (Å²) in [6, 6.07) is 6.60. The van der Waals surface area contributed by atoms with Crippen molar-refractivity contribution in [2.75, 3.05) is 13.2 Å². The van der Waals surface area contributed by atoms with Gasteiger partial charge in [0.1, 0.15) is 18.9 Å². The molecule has 1 aliphatic heterocycles. The Morgan fingerprint density at radius 3 is 2.81 bits per heavy atom. The molecule has 0 aliphatic carbocycles. The van der Waals surface area contributed by atoms with E-state index in [-0.39, 0.29) is 5.69 Å². The molecule has 0 radical (unpaired) electrons. The molecule has 0 unspecified atom stereocenters. The maximum absolute atomic E-state index is 12.4. The number of nitrogens with one attached hydrogen (secondary N) is 1. The normalized spacial score (nSPS) is 13.0. The zero-order valence-corrected chi connectivity index (χ0v) is 14.0. The third-order valence-corrected chi connectivity index (χ3v) is 3.59. The number of rotatable bonds is 5. The van der Waals surface area contributed by atoms with E-state index in [1.807, 2.05) is 0 Å². The summed E-state index contributed by atoms with van der Waals surface area (Å²) in [6.07, 6.45) is 5.98. The van der Waals surface area contributed by atoms with Crippen molar-refractivity contribution >= 4 is 5.91 Å². The number of nitrogens with zero attached hydrogens (tertiary/aromatic N) is 2. The maximum Gasteiger partial charge on any atom is 0.280 e. The minimum atomic E-state index is -0.640. The molecule has 7 heteroatoms. The van der Waals surface area contributed by atoms with Crippen molar-refractivity contribution in [2.24, 2.45) is 0 Å². The van der Waals surface area contributed by atoms with E-state index >= 15 is 0 Å². The summed E-state index contributed by atoms with van der Waals surface area (Å²) in [5, 5.41) is 6.73. The molecule has 2 aromatic rings. The van der Waals surface area contributed by atoms with Crippen molar-refractivity contribution in [3.8, 4) is 17.2 Å². The Bertz CT molecular complexity index is 959. The fourth-order valence-electron chi connectivity index (χ4n) is 2.42. The van der Waals surface area contributed by atoms with Crippen LogP contribution >= 0.6 is 0 Å². The summed E-state index contributed by atoms with van der Waals surface area (Å²) in [4.78, 5) is 24.5. The van der Waals surface area contributed by atoms with Crippen molar-refractivity contribution < 1.29 is 14.3 Å². The second-order valence-corrected chi connectivity index (χ2v) is 5.29. The lowest BCUT2D eigenvalue weighted by molar-refractivity contribution is 0.0959. The predicted octanol–water partition coefficient (Wildman–Crippen LogP) is 1.99. The third-order valence-electron chi connectivity index (χ3n) is 3.59. The second kappa shape index (κ2) is 7.52. The number of benzene rings is 1. The SMILES string of the molecule is C=C/C=C(\C=C)NC(=O)c1nn(-c2cccc3c2OCCO3)ccc1=O. The van der Waals surface area contributed by atoms with Crippen molar-refractivity contribution in [2.45, 2.75) is 0 Å². The first kappa shape index (κ1) is 17.2. The van der Waals surface area contributed by atoms with Crippen molar-refractivity contribution in [3.63, 3.8) is 0 Å². The molecular weight excluding hydrogens is 334 g/mol. The van der Waals surface area contributed by atoms with E-state index in [1.54, 1.807) is 24.3 Å². The highest BCUT2D eigenvalue weighted by molar-refractivity contribution is 5.93. The van der Waals surface area contributed by atoms with Crippen molar-refractivity contribution in [1.82, 2.24) is 15.1 Å². The highest BCUT2D eigenvalue weighted by Gasteiger charge is 2.19. The Labute approximate surface area is 149 Å². The lowest BCUT2D eigenvalue weighted by Gasteiger charge is -2.21. The lowest BCUT2D eigenvalue weighted by atomic mass is 10.2. The second-order valence-electron chi connectivity index (χ2n) is 5.29. The molecule has 3 rings (SSSR count). The fraction of sp³-hybridized carbons (Fsp3) is 0.105. The van der Waals surface area contributed by atoms with Crippen LogP contribution in [0.5, 0.6) is 11.5 Å². The summed E-state index contributed by atoms with van der Waals surface area (Å²) in [5.74, 6) is 0.460. The summed E-state index contributed by atoms with van der Waals surface area (Å²) >= 11 is 0. The van der Waals surface area contributed by atoms with Gasteiger partial charge in [0.05, 0.1) is 0 Å². The molecule has 2 heterocycles. The highest BCUT2D eigenvalue weighted by atomic mass is 16.6. The van der Waals surface area contributed by atoms with Crippen molar-refractivity contribution in [3.05, 3.63) is 83.5 Å². The topological polar surface area (TPSA) is 82.5 Å². The van der Waals surface area contributed by atoms with E-state index in [4.69, 9.17) is 9.47 Å². The molecule has 132 valence electrons. The Balaban J connectivity index is 2.00. The van der Waals surface area contributed by atoms with Crippen LogP contribution in [0.2, 0.25) is 0 Å². The number of amides is 1. The molecule has 7 nitrogen and oxygen atoms in total. The monoisotopic (exact) mass is 351 g/mol. The number of carbonyl (C=O) groups excluding carboxylic acids is 1. The number of para-hydroxylation sites is 1. The molecule has 0 saturated carbocycles. The smallest absolute Gasteiger partial charge is 0.280 e. The predicted molar refractivity (Wildman–Crippen MR) is 96.8 cm³/mol. The van der Waals surface area contributed by atoms with Gasteiger partial charge in [-0.15, -0.1) is 0 Å². The van der Waals surface area contributed by atoms with Crippen LogP contribution in [0.1, 0.15) is 10.5 Å². The Morgan fingerprint density at radius 2 is 2.04 bits per heavy atom. The molecular formula is C19H17N3O4. The third kappa shape index (κ3) is 3.41. The van der Waals surface area contributed by atoms with Gasteiger partial charge in [-0.3, -0.25) is 9.59 Å². The van der Waals surface area contributed by atoms with Crippen LogP contribution in [0.4, 0.5) is 0 Å². The Kier molecular flexibility index (Phi) is 4.98. The van der Waals surface area contributed by atoms with Crippen LogP contribution in [0, 0.1) is 0 Å². The van der Waals surface area contributed by atoms with Gasteiger partial charge in [-0.25, -0.2) is 4.68 Å². The van der Waals surface area contributed by atoms with E-state index in [2.05, 4.69) is 23.6 Å². The van der Waals surface area contributed by atoms with Gasteiger partial charge >= 0.3 is 0 Å². The lowest BCUT2D eigenvalue weighted by Crippen LogP contribution is -2.30. The number of ether oxygens (including phenoxy) is 2.